The zero-order valence-corrected chi connectivity index (χ0v) is 9.10. The Morgan fingerprint density at radius 1 is 1.44 bits per heavy atom. The standard InChI is InChI=1S/C11H15NO4/c1-2-15-5-6-16-11(14)9-7-8(13)3-4-10(9)12/h3-4,7,13H,2,5-6,12H2,1H3. The highest BCUT2D eigenvalue weighted by Gasteiger charge is 2.11. The molecule has 0 saturated heterocycles. The van der Waals surface area contributed by atoms with Crippen LogP contribution >= 0.6 is 0 Å². The first-order chi connectivity index (χ1) is 7.65. The highest BCUT2D eigenvalue weighted by molar-refractivity contribution is 5.95. The Bertz CT molecular complexity index is 365. The third-order valence-corrected chi connectivity index (χ3v) is 1.92. The summed E-state index contributed by atoms with van der Waals surface area (Å²) in [5, 5.41) is 9.21. The molecule has 0 radical (unpaired) electrons. The second kappa shape index (κ2) is 5.97. The van der Waals surface area contributed by atoms with E-state index in [0.29, 0.717) is 13.2 Å². The van der Waals surface area contributed by atoms with Crippen LogP contribution in [0, 0.1) is 0 Å². The molecular weight excluding hydrogens is 210 g/mol. The van der Waals surface area contributed by atoms with Crippen molar-refractivity contribution in [2.24, 2.45) is 0 Å². The van der Waals surface area contributed by atoms with Crippen LogP contribution in [0.2, 0.25) is 0 Å². The van der Waals surface area contributed by atoms with Gasteiger partial charge in [-0.2, -0.15) is 0 Å². The predicted molar refractivity (Wildman–Crippen MR) is 59.3 cm³/mol. The van der Waals surface area contributed by atoms with E-state index in [1.165, 1.54) is 18.2 Å². The fourth-order valence-corrected chi connectivity index (χ4v) is 1.14. The minimum Gasteiger partial charge on any atom is -0.508 e. The number of phenolic OH excluding ortho intramolecular Hbond substituents is 1. The van der Waals surface area contributed by atoms with Gasteiger partial charge in [0.05, 0.1) is 12.2 Å². The monoisotopic (exact) mass is 225 g/mol. The Labute approximate surface area is 93.8 Å². The van der Waals surface area contributed by atoms with Crippen LogP contribution in [-0.2, 0) is 9.47 Å². The number of phenols is 1. The molecule has 0 aliphatic carbocycles. The Morgan fingerprint density at radius 3 is 2.88 bits per heavy atom. The molecule has 88 valence electrons. The zero-order chi connectivity index (χ0) is 12.0. The number of nitrogen functional groups attached to an aromatic ring is 1. The van der Waals surface area contributed by atoms with E-state index in [0.717, 1.165) is 0 Å². The minimum atomic E-state index is -0.562. The molecule has 0 aliphatic rings. The summed E-state index contributed by atoms with van der Waals surface area (Å²) in [6.45, 7) is 2.95. The van der Waals surface area contributed by atoms with Gasteiger partial charge in [-0.05, 0) is 25.1 Å². The highest BCUT2D eigenvalue weighted by atomic mass is 16.6. The topological polar surface area (TPSA) is 81.8 Å². The van der Waals surface area contributed by atoms with Gasteiger partial charge in [0.1, 0.15) is 12.4 Å². The number of rotatable bonds is 5. The van der Waals surface area contributed by atoms with E-state index in [9.17, 15) is 9.90 Å². The van der Waals surface area contributed by atoms with Crippen LogP contribution in [0.4, 0.5) is 5.69 Å². The first-order valence-corrected chi connectivity index (χ1v) is 4.98. The van der Waals surface area contributed by atoms with E-state index in [-0.39, 0.29) is 23.6 Å². The molecule has 0 aliphatic heterocycles. The van der Waals surface area contributed by atoms with Crippen molar-refractivity contribution in [2.45, 2.75) is 6.92 Å². The maximum absolute atomic E-state index is 11.5. The lowest BCUT2D eigenvalue weighted by atomic mass is 10.2. The van der Waals surface area contributed by atoms with Crippen LogP contribution in [0.25, 0.3) is 0 Å². The van der Waals surface area contributed by atoms with Crippen molar-refractivity contribution in [2.75, 3.05) is 25.6 Å². The number of esters is 1. The van der Waals surface area contributed by atoms with E-state index in [1.54, 1.807) is 0 Å². The van der Waals surface area contributed by atoms with Crippen LogP contribution in [0.3, 0.4) is 0 Å². The summed E-state index contributed by atoms with van der Waals surface area (Å²) in [4.78, 5) is 11.5. The summed E-state index contributed by atoms with van der Waals surface area (Å²) in [6.07, 6.45) is 0. The van der Waals surface area contributed by atoms with Gasteiger partial charge in [0, 0.05) is 12.3 Å². The molecule has 16 heavy (non-hydrogen) atoms. The summed E-state index contributed by atoms with van der Waals surface area (Å²) in [7, 11) is 0. The number of hydrogen-bond acceptors (Lipinski definition) is 5. The van der Waals surface area contributed by atoms with Gasteiger partial charge in [-0.1, -0.05) is 0 Å². The lowest BCUT2D eigenvalue weighted by molar-refractivity contribution is 0.0336. The number of carbonyl (C=O) groups is 1. The molecule has 1 aromatic carbocycles. The van der Waals surface area contributed by atoms with Crippen molar-refractivity contribution in [1.82, 2.24) is 0 Å². The maximum atomic E-state index is 11.5. The van der Waals surface area contributed by atoms with Gasteiger partial charge in [-0.3, -0.25) is 0 Å². The second-order valence-electron chi connectivity index (χ2n) is 3.10. The molecule has 0 bridgehead atoms. The van der Waals surface area contributed by atoms with Crippen LogP contribution < -0.4 is 5.73 Å². The van der Waals surface area contributed by atoms with Gasteiger partial charge >= 0.3 is 5.97 Å². The lowest BCUT2D eigenvalue weighted by Gasteiger charge is -2.07. The average Bonchev–Trinajstić information content (AvgIpc) is 2.27. The van der Waals surface area contributed by atoms with Crippen LogP contribution in [-0.4, -0.2) is 30.9 Å². The van der Waals surface area contributed by atoms with E-state index in [4.69, 9.17) is 15.2 Å². The molecule has 3 N–H and O–H groups in total. The molecule has 0 amide bonds. The molecule has 5 nitrogen and oxygen atoms in total. The van der Waals surface area contributed by atoms with Gasteiger partial charge in [0.15, 0.2) is 0 Å². The smallest absolute Gasteiger partial charge is 0.340 e. The number of anilines is 1. The van der Waals surface area contributed by atoms with Crippen molar-refractivity contribution in [3.63, 3.8) is 0 Å². The van der Waals surface area contributed by atoms with Gasteiger partial charge in [-0.25, -0.2) is 4.79 Å². The molecule has 0 fully saturated rings. The number of ether oxygens (including phenoxy) is 2. The Morgan fingerprint density at radius 2 is 2.19 bits per heavy atom. The molecule has 0 atom stereocenters. The lowest BCUT2D eigenvalue weighted by Crippen LogP contribution is -2.12. The first-order valence-electron chi connectivity index (χ1n) is 4.98. The molecule has 1 rings (SSSR count). The van der Waals surface area contributed by atoms with E-state index >= 15 is 0 Å². The van der Waals surface area contributed by atoms with Crippen LogP contribution in [0.15, 0.2) is 18.2 Å². The van der Waals surface area contributed by atoms with Crippen molar-refractivity contribution < 1.29 is 19.4 Å². The van der Waals surface area contributed by atoms with Crippen LogP contribution in [0.1, 0.15) is 17.3 Å². The van der Waals surface area contributed by atoms with Gasteiger partial charge in [-0.15, -0.1) is 0 Å². The third-order valence-electron chi connectivity index (χ3n) is 1.92. The molecule has 0 aromatic heterocycles. The Hall–Kier alpha value is -1.75. The van der Waals surface area contributed by atoms with E-state index in [1.807, 2.05) is 6.92 Å². The summed E-state index contributed by atoms with van der Waals surface area (Å²) in [5.74, 6) is -0.584. The normalized spacial score (nSPS) is 10.1. The number of nitrogens with two attached hydrogens (primary N) is 1. The molecule has 0 unspecified atom stereocenters. The highest BCUT2D eigenvalue weighted by Crippen LogP contribution is 2.19. The number of hydrogen-bond donors (Lipinski definition) is 2. The largest absolute Gasteiger partial charge is 0.508 e. The number of aromatic hydroxyl groups is 1. The zero-order valence-electron chi connectivity index (χ0n) is 9.10. The summed E-state index contributed by atoms with van der Waals surface area (Å²) in [6, 6.07) is 4.14. The van der Waals surface area contributed by atoms with Crippen molar-refractivity contribution >= 4 is 11.7 Å². The van der Waals surface area contributed by atoms with Crippen LogP contribution in [0.5, 0.6) is 5.75 Å². The van der Waals surface area contributed by atoms with Gasteiger partial charge < -0.3 is 20.3 Å². The quantitative estimate of drug-likeness (QED) is 0.340. The second-order valence-corrected chi connectivity index (χ2v) is 3.10. The molecule has 0 heterocycles. The van der Waals surface area contributed by atoms with Gasteiger partial charge in [0.25, 0.3) is 0 Å². The summed E-state index contributed by atoms with van der Waals surface area (Å²) in [5.41, 5.74) is 6.02. The van der Waals surface area contributed by atoms with Crippen molar-refractivity contribution in [3.8, 4) is 5.75 Å². The maximum Gasteiger partial charge on any atom is 0.340 e. The number of benzene rings is 1. The summed E-state index contributed by atoms with van der Waals surface area (Å²) < 4.78 is 9.93. The Kier molecular flexibility index (Phi) is 4.60. The number of carbonyl (C=O) groups excluding carboxylic acids is 1. The van der Waals surface area contributed by atoms with E-state index < -0.39 is 5.97 Å². The molecule has 0 saturated carbocycles. The van der Waals surface area contributed by atoms with Crippen molar-refractivity contribution in [3.05, 3.63) is 23.8 Å². The molecule has 1 aromatic rings. The third kappa shape index (κ3) is 3.43. The molecular formula is C11H15NO4. The first kappa shape index (κ1) is 12.3. The minimum absolute atomic E-state index is 0.0223. The molecule has 5 heteroatoms. The predicted octanol–water partition coefficient (Wildman–Crippen LogP) is 1.17. The fourth-order valence-electron chi connectivity index (χ4n) is 1.14. The van der Waals surface area contributed by atoms with E-state index in [2.05, 4.69) is 0 Å². The van der Waals surface area contributed by atoms with Crippen molar-refractivity contribution in [1.29, 1.82) is 0 Å². The average molecular weight is 225 g/mol. The fraction of sp³-hybridized carbons (Fsp3) is 0.364. The van der Waals surface area contributed by atoms with Gasteiger partial charge in [0.2, 0.25) is 0 Å². The summed E-state index contributed by atoms with van der Waals surface area (Å²) >= 11 is 0. The molecule has 0 spiro atoms. The SMILES string of the molecule is CCOCCOC(=O)c1cc(O)ccc1N. The Balaban J connectivity index is 2.55.